The Morgan fingerprint density at radius 3 is 2.55 bits per heavy atom. The van der Waals surface area contributed by atoms with E-state index in [1.807, 2.05) is 0 Å². The van der Waals surface area contributed by atoms with Gasteiger partial charge in [-0.2, -0.15) is 18.3 Å². The van der Waals surface area contributed by atoms with Gasteiger partial charge in [-0.3, -0.25) is 15.0 Å². The predicted octanol–water partition coefficient (Wildman–Crippen LogP) is 3.19. The summed E-state index contributed by atoms with van der Waals surface area (Å²) in [5.41, 5.74) is 3.45. The average Bonchev–Trinajstić information content (AvgIpc) is 3.57. The molecule has 0 bridgehead atoms. The van der Waals surface area contributed by atoms with Gasteiger partial charge in [-0.05, 0) is 59.7 Å². The maximum absolute atomic E-state index is 13.7. The summed E-state index contributed by atoms with van der Waals surface area (Å²) in [6, 6.07) is 7.46. The number of carbonyl (C=O) groups excluding carboxylic acids is 3. The Bertz CT molecular complexity index is 1670. The standard InChI is InChI=1S/C24H22ClF3N10O4/c1-12-8-13(2)18(15(9-12)20(39)33-36(3)23(41)42-4)30-21(40)17-10-14(11-37-22(24(26,27)28)31-34-35-37)32-38(17)19-16(25)6-5-7-29-19/h5-10H,11H2,1-4H3,(H,30,40)(H,33,39). The van der Waals surface area contributed by atoms with Gasteiger partial charge in [0.25, 0.3) is 17.6 Å². The molecule has 3 amide bonds. The fourth-order valence-electron chi connectivity index (χ4n) is 3.92. The van der Waals surface area contributed by atoms with Crippen LogP contribution in [0.3, 0.4) is 0 Å². The third-order valence-corrected chi connectivity index (χ3v) is 6.01. The molecule has 0 unspecified atom stereocenters. The molecule has 4 rings (SSSR count). The van der Waals surface area contributed by atoms with E-state index in [1.54, 1.807) is 26.0 Å². The van der Waals surface area contributed by atoms with E-state index < -0.39 is 36.5 Å². The molecule has 18 heteroatoms. The van der Waals surface area contributed by atoms with Crippen molar-refractivity contribution in [1.29, 1.82) is 0 Å². The number of carbonyl (C=O) groups is 3. The molecule has 0 spiro atoms. The number of hydrogen-bond acceptors (Lipinski definition) is 9. The van der Waals surface area contributed by atoms with Crippen molar-refractivity contribution in [1.82, 2.24) is 45.4 Å². The predicted molar refractivity (Wildman–Crippen MR) is 140 cm³/mol. The van der Waals surface area contributed by atoms with E-state index in [4.69, 9.17) is 11.6 Å². The zero-order valence-electron chi connectivity index (χ0n) is 22.4. The summed E-state index contributed by atoms with van der Waals surface area (Å²) < 4.78 is 46.1. The maximum Gasteiger partial charge on any atom is 0.453 e. The highest BCUT2D eigenvalue weighted by Crippen LogP contribution is 2.28. The number of halogens is 4. The maximum atomic E-state index is 13.7. The normalized spacial score (nSPS) is 11.2. The molecule has 220 valence electrons. The molecule has 3 aromatic heterocycles. The summed E-state index contributed by atoms with van der Waals surface area (Å²) in [7, 11) is 2.41. The summed E-state index contributed by atoms with van der Waals surface area (Å²) in [6.45, 7) is 2.84. The Balaban J connectivity index is 1.74. The van der Waals surface area contributed by atoms with Crippen molar-refractivity contribution < 1.29 is 32.3 Å². The fourth-order valence-corrected chi connectivity index (χ4v) is 4.12. The Morgan fingerprint density at radius 2 is 1.88 bits per heavy atom. The van der Waals surface area contributed by atoms with Crippen molar-refractivity contribution in [2.45, 2.75) is 26.6 Å². The van der Waals surface area contributed by atoms with Gasteiger partial charge in [0.15, 0.2) is 5.82 Å². The molecule has 0 saturated carbocycles. The fraction of sp³-hybridized carbons (Fsp3) is 0.250. The van der Waals surface area contributed by atoms with Crippen LogP contribution in [0, 0.1) is 13.8 Å². The van der Waals surface area contributed by atoms with Crippen molar-refractivity contribution in [3.8, 4) is 5.82 Å². The summed E-state index contributed by atoms with van der Waals surface area (Å²) in [4.78, 5) is 42.7. The molecule has 0 saturated heterocycles. The van der Waals surface area contributed by atoms with E-state index in [0.29, 0.717) is 15.8 Å². The topological polar surface area (TPSA) is 162 Å². The number of anilines is 1. The van der Waals surface area contributed by atoms with Gasteiger partial charge in [-0.1, -0.05) is 17.7 Å². The van der Waals surface area contributed by atoms with E-state index in [9.17, 15) is 27.6 Å². The number of amides is 3. The molecular formula is C24H22ClF3N10O4. The number of ether oxygens (including phenoxy) is 1. The molecule has 0 fully saturated rings. The zero-order valence-corrected chi connectivity index (χ0v) is 23.1. The molecule has 42 heavy (non-hydrogen) atoms. The SMILES string of the molecule is COC(=O)N(C)NC(=O)c1cc(C)cc(C)c1NC(=O)c1cc(Cn2nnnc2C(F)(F)F)nn1-c1ncccc1Cl. The lowest BCUT2D eigenvalue weighted by Gasteiger charge is -2.19. The molecule has 14 nitrogen and oxygen atoms in total. The van der Waals surface area contributed by atoms with E-state index in [-0.39, 0.29) is 33.5 Å². The number of nitrogens with zero attached hydrogens (tertiary/aromatic N) is 8. The quantitative estimate of drug-likeness (QED) is 0.314. The van der Waals surface area contributed by atoms with Crippen LogP contribution in [-0.2, 0) is 17.5 Å². The largest absolute Gasteiger partial charge is 0.453 e. The summed E-state index contributed by atoms with van der Waals surface area (Å²) >= 11 is 6.29. The van der Waals surface area contributed by atoms with Crippen molar-refractivity contribution in [2.24, 2.45) is 0 Å². The Labute approximate surface area is 240 Å². The molecule has 2 N–H and O–H groups in total. The van der Waals surface area contributed by atoms with E-state index in [0.717, 1.165) is 16.8 Å². The average molecular weight is 607 g/mol. The lowest BCUT2D eigenvalue weighted by atomic mass is 10.0. The van der Waals surface area contributed by atoms with Crippen LogP contribution < -0.4 is 10.7 Å². The zero-order chi connectivity index (χ0) is 30.8. The van der Waals surface area contributed by atoms with Gasteiger partial charge in [0, 0.05) is 13.2 Å². The minimum Gasteiger partial charge on any atom is -0.452 e. The van der Waals surface area contributed by atoms with Crippen molar-refractivity contribution in [2.75, 3.05) is 19.5 Å². The number of alkyl halides is 3. The minimum absolute atomic E-state index is 0.0154. The van der Waals surface area contributed by atoms with Gasteiger partial charge < -0.3 is 10.1 Å². The van der Waals surface area contributed by atoms with Gasteiger partial charge in [0.05, 0.1) is 35.6 Å². The smallest absolute Gasteiger partial charge is 0.452 e. The number of aromatic nitrogens is 7. The third kappa shape index (κ3) is 6.30. The van der Waals surface area contributed by atoms with Crippen molar-refractivity contribution in [3.05, 3.63) is 75.5 Å². The first kappa shape index (κ1) is 29.9. The number of aryl methyl sites for hydroxylation is 2. The van der Waals surface area contributed by atoms with Crippen molar-refractivity contribution in [3.63, 3.8) is 0 Å². The first-order valence-electron chi connectivity index (χ1n) is 11.9. The number of nitrogens with one attached hydrogen (secondary N) is 2. The Hall–Kier alpha value is -5.06. The summed E-state index contributed by atoms with van der Waals surface area (Å²) in [5, 5.41) is 17.3. The van der Waals surface area contributed by atoms with Gasteiger partial charge in [-0.15, -0.1) is 5.10 Å². The molecule has 0 aliphatic rings. The van der Waals surface area contributed by atoms with E-state index >= 15 is 0 Å². The van der Waals surface area contributed by atoms with Crippen LogP contribution in [0.4, 0.5) is 23.7 Å². The molecule has 3 heterocycles. The van der Waals surface area contributed by atoms with Crippen molar-refractivity contribution >= 4 is 35.2 Å². The molecule has 0 radical (unpaired) electrons. The summed E-state index contributed by atoms with van der Waals surface area (Å²) in [6.07, 6.45) is -4.28. The Morgan fingerprint density at radius 1 is 1.14 bits per heavy atom. The number of pyridine rings is 1. The number of rotatable bonds is 6. The number of benzene rings is 1. The van der Waals surface area contributed by atoms with Gasteiger partial charge in [-0.25, -0.2) is 24.2 Å². The van der Waals surface area contributed by atoms with Crippen LogP contribution in [0.2, 0.25) is 5.02 Å². The molecule has 4 aromatic rings. The monoisotopic (exact) mass is 606 g/mol. The lowest BCUT2D eigenvalue weighted by molar-refractivity contribution is -0.147. The highest BCUT2D eigenvalue weighted by atomic mass is 35.5. The second-order valence-corrected chi connectivity index (χ2v) is 9.24. The lowest BCUT2D eigenvalue weighted by Crippen LogP contribution is -2.43. The van der Waals surface area contributed by atoms with Gasteiger partial charge in [0.1, 0.15) is 5.69 Å². The third-order valence-electron chi connectivity index (χ3n) is 5.71. The Kier molecular flexibility index (Phi) is 8.41. The second kappa shape index (κ2) is 11.8. The summed E-state index contributed by atoms with van der Waals surface area (Å²) in [5.74, 6) is -2.88. The highest BCUT2D eigenvalue weighted by molar-refractivity contribution is 6.32. The highest BCUT2D eigenvalue weighted by Gasteiger charge is 2.38. The van der Waals surface area contributed by atoms with E-state index in [1.165, 1.54) is 31.4 Å². The van der Waals surface area contributed by atoms with Crippen LogP contribution in [0.1, 0.15) is 43.5 Å². The van der Waals surface area contributed by atoms with Crippen LogP contribution >= 0.6 is 11.6 Å². The second-order valence-electron chi connectivity index (χ2n) is 8.83. The van der Waals surface area contributed by atoms with Crippen LogP contribution in [-0.4, -0.2) is 72.0 Å². The number of methoxy groups -OCH3 is 1. The molecule has 0 atom stereocenters. The first-order chi connectivity index (χ1) is 19.8. The molecule has 1 aromatic carbocycles. The molecule has 0 aliphatic heterocycles. The van der Waals surface area contributed by atoms with Crippen LogP contribution in [0.25, 0.3) is 5.82 Å². The van der Waals surface area contributed by atoms with Gasteiger partial charge in [0.2, 0.25) is 0 Å². The molecular weight excluding hydrogens is 585 g/mol. The minimum atomic E-state index is -4.83. The van der Waals surface area contributed by atoms with Gasteiger partial charge >= 0.3 is 12.3 Å². The van der Waals surface area contributed by atoms with Crippen LogP contribution in [0.5, 0.6) is 0 Å². The van der Waals surface area contributed by atoms with Crippen LogP contribution in [0.15, 0.2) is 36.5 Å². The first-order valence-corrected chi connectivity index (χ1v) is 12.3. The molecule has 0 aliphatic carbocycles. The number of tetrazole rings is 1. The number of hydrogen-bond donors (Lipinski definition) is 2. The van der Waals surface area contributed by atoms with E-state index in [2.05, 4.69) is 41.1 Å². The number of hydrazine groups is 1.